The Bertz CT molecular complexity index is 212. The van der Waals surface area contributed by atoms with Crippen molar-refractivity contribution >= 4 is 0 Å². The van der Waals surface area contributed by atoms with Crippen LogP contribution in [-0.2, 0) is 4.74 Å². The second-order valence-electron chi connectivity index (χ2n) is 5.85. The van der Waals surface area contributed by atoms with Crippen molar-refractivity contribution in [3.05, 3.63) is 0 Å². The molecule has 0 aromatic heterocycles. The Labute approximate surface area is 99.5 Å². The molecule has 0 radical (unpaired) electrons. The van der Waals surface area contributed by atoms with Gasteiger partial charge in [-0.05, 0) is 59.2 Å². The van der Waals surface area contributed by atoms with Gasteiger partial charge in [0.25, 0.3) is 0 Å². The first-order valence-electron chi connectivity index (χ1n) is 6.75. The summed E-state index contributed by atoms with van der Waals surface area (Å²) in [5.74, 6) is 0. The molecule has 0 spiro atoms. The van der Waals surface area contributed by atoms with E-state index in [0.29, 0.717) is 11.6 Å². The zero-order chi connectivity index (χ0) is 11.4. The lowest BCUT2D eigenvalue weighted by molar-refractivity contribution is 0.0666. The summed E-state index contributed by atoms with van der Waals surface area (Å²) in [5.41, 5.74) is 0.301. The second-order valence-corrected chi connectivity index (χ2v) is 5.85. The van der Waals surface area contributed by atoms with Gasteiger partial charge in [-0.15, -0.1) is 0 Å². The second kappa shape index (κ2) is 5.48. The lowest BCUT2D eigenvalue weighted by Crippen LogP contribution is -2.47. The Morgan fingerprint density at radius 3 is 2.94 bits per heavy atom. The third-order valence-electron chi connectivity index (χ3n) is 3.79. The van der Waals surface area contributed by atoms with Gasteiger partial charge in [-0.1, -0.05) is 0 Å². The fraction of sp³-hybridized carbons (Fsp3) is 1.00. The molecule has 0 saturated carbocycles. The molecule has 0 aromatic rings. The summed E-state index contributed by atoms with van der Waals surface area (Å²) in [7, 11) is 0. The van der Waals surface area contributed by atoms with Crippen LogP contribution in [0.5, 0.6) is 0 Å². The van der Waals surface area contributed by atoms with Crippen molar-refractivity contribution in [1.29, 1.82) is 0 Å². The lowest BCUT2D eigenvalue weighted by Gasteiger charge is -2.34. The van der Waals surface area contributed by atoms with Gasteiger partial charge in [-0.25, -0.2) is 0 Å². The standard InChI is InChI=1S/C13H26N2O/c1-13(2)6-9-15(8-4-7-14-13)11-12-5-3-10-16-12/h12,14H,3-11H2,1-2H3. The molecular weight excluding hydrogens is 200 g/mol. The normalized spacial score (nSPS) is 32.2. The zero-order valence-electron chi connectivity index (χ0n) is 10.8. The maximum atomic E-state index is 5.72. The molecule has 2 aliphatic heterocycles. The van der Waals surface area contributed by atoms with E-state index in [2.05, 4.69) is 24.1 Å². The van der Waals surface area contributed by atoms with E-state index in [1.165, 1.54) is 38.8 Å². The van der Waals surface area contributed by atoms with Crippen LogP contribution >= 0.6 is 0 Å². The van der Waals surface area contributed by atoms with Crippen LogP contribution in [-0.4, -0.2) is 49.3 Å². The van der Waals surface area contributed by atoms with E-state index >= 15 is 0 Å². The largest absolute Gasteiger partial charge is 0.377 e. The first kappa shape index (κ1) is 12.3. The van der Waals surface area contributed by atoms with Crippen LogP contribution in [0.2, 0.25) is 0 Å². The molecule has 2 rings (SSSR count). The Hall–Kier alpha value is -0.120. The monoisotopic (exact) mass is 226 g/mol. The summed E-state index contributed by atoms with van der Waals surface area (Å²) >= 11 is 0. The molecule has 0 aromatic carbocycles. The van der Waals surface area contributed by atoms with E-state index in [1.807, 2.05) is 0 Å². The molecule has 2 fully saturated rings. The molecule has 2 saturated heterocycles. The predicted molar refractivity (Wildman–Crippen MR) is 66.7 cm³/mol. The molecule has 0 bridgehead atoms. The Kier molecular flexibility index (Phi) is 4.22. The third-order valence-corrected chi connectivity index (χ3v) is 3.79. The fourth-order valence-corrected chi connectivity index (χ4v) is 2.63. The van der Waals surface area contributed by atoms with E-state index in [0.717, 1.165) is 19.7 Å². The number of nitrogens with zero attached hydrogens (tertiary/aromatic N) is 1. The molecule has 1 N–H and O–H groups in total. The Morgan fingerprint density at radius 2 is 2.19 bits per heavy atom. The van der Waals surface area contributed by atoms with Crippen molar-refractivity contribution in [2.24, 2.45) is 0 Å². The lowest BCUT2D eigenvalue weighted by atomic mass is 9.98. The Balaban J connectivity index is 1.79. The van der Waals surface area contributed by atoms with Crippen LogP contribution in [0.15, 0.2) is 0 Å². The first-order valence-corrected chi connectivity index (χ1v) is 6.75. The van der Waals surface area contributed by atoms with Gasteiger partial charge in [0.15, 0.2) is 0 Å². The Morgan fingerprint density at radius 1 is 1.31 bits per heavy atom. The van der Waals surface area contributed by atoms with E-state index in [4.69, 9.17) is 4.74 Å². The van der Waals surface area contributed by atoms with Crippen LogP contribution in [0.3, 0.4) is 0 Å². The van der Waals surface area contributed by atoms with Gasteiger partial charge in [-0.2, -0.15) is 0 Å². The quantitative estimate of drug-likeness (QED) is 0.774. The van der Waals surface area contributed by atoms with Crippen LogP contribution in [0.25, 0.3) is 0 Å². The molecule has 0 aliphatic carbocycles. The summed E-state index contributed by atoms with van der Waals surface area (Å²) < 4.78 is 5.72. The summed E-state index contributed by atoms with van der Waals surface area (Å²) in [6, 6.07) is 0. The van der Waals surface area contributed by atoms with Gasteiger partial charge in [0.1, 0.15) is 0 Å². The number of rotatable bonds is 2. The fourth-order valence-electron chi connectivity index (χ4n) is 2.63. The highest BCUT2D eigenvalue weighted by molar-refractivity contribution is 4.82. The number of nitrogens with one attached hydrogen (secondary N) is 1. The van der Waals surface area contributed by atoms with Crippen LogP contribution in [0.4, 0.5) is 0 Å². The van der Waals surface area contributed by atoms with E-state index in [9.17, 15) is 0 Å². The SMILES string of the molecule is CC1(C)CCN(CC2CCCO2)CCCN1. The van der Waals surface area contributed by atoms with E-state index in [1.54, 1.807) is 0 Å². The van der Waals surface area contributed by atoms with Crippen LogP contribution < -0.4 is 5.32 Å². The smallest absolute Gasteiger partial charge is 0.0702 e. The number of hydrogen-bond acceptors (Lipinski definition) is 3. The molecule has 16 heavy (non-hydrogen) atoms. The van der Waals surface area contributed by atoms with Gasteiger partial charge >= 0.3 is 0 Å². The van der Waals surface area contributed by atoms with Crippen LogP contribution in [0.1, 0.15) is 39.5 Å². The highest BCUT2D eigenvalue weighted by atomic mass is 16.5. The molecule has 1 atom stereocenters. The highest BCUT2D eigenvalue weighted by Crippen LogP contribution is 2.17. The van der Waals surface area contributed by atoms with Crippen molar-refractivity contribution in [3.8, 4) is 0 Å². The van der Waals surface area contributed by atoms with Gasteiger partial charge in [0, 0.05) is 18.7 Å². The van der Waals surface area contributed by atoms with Crippen molar-refractivity contribution in [2.75, 3.05) is 32.8 Å². The molecule has 1 unspecified atom stereocenters. The van der Waals surface area contributed by atoms with Gasteiger partial charge in [0.2, 0.25) is 0 Å². The maximum Gasteiger partial charge on any atom is 0.0702 e. The first-order chi connectivity index (χ1) is 7.66. The predicted octanol–water partition coefficient (Wildman–Crippen LogP) is 1.63. The van der Waals surface area contributed by atoms with Crippen molar-refractivity contribution < 1.29 is 4.74 Å². The molecule has 94 valence electrons. The summed E-state index contributed by atoms with van der Waals surface area (Å²) in [6.07, 6.45) is 5.52. The number of hydrogen-bond donors (Lipinski definition) is 1. The molecule has 2 aliphatic rings. The van der Waals surface area contributed by atoms with Crippen molar-refractivity contribution in [3.63, 3.8) is 0 Å². The maximum absolute atomic E-state index is 5.72. The summed E-state index contributed by atoms with van der Waals surface area (Å²) in [6.45, 7) is 10.3. The number of ether oxygens (including phenoxy) is 1. The highest BCUT2D eigenvalue weighted by Gasteiger charge is 2.23. The summed E-state index contributed by atoms with van der Waals surface area (Å²) in [4.78, 5) is 2.60. The molecular formula is C13H26N2O. The molecule has 3 heteroatoms. The van der Waals surface area contributed by atoms with Crippen LogP contribution in [0, 0.1) is 0 Å². The minimum absolute atomic E-state index is 0.301. The summed E-state index contributed by atoms with van der Waals surface area (Å²) in [5, 5.41) is 3.62. The topological polar surface area (TPSA) is 24.5 Å². The van der Waals surface area contributed by atoms with Gasteiger partial charge in [-0.3, -0.25) is 0 Å². The zero-order valence-corrected chi connectivity index (χ0v) is 10.8. The minimum atomic E-state index is 0.301. The van der Waals surface area contributed by atoms with Crippen molar-refractivity contribution in [2.45, 2.75) is 51.2 Å². The molecule has 0 amide bonds. The third kappa shape index (κ3) is 3.72. The average molecular weight is 226 g/mol. The van der Waals surface area contributed by atoms with E-state index in [-0.39, 0.29) is 0 Å². The average Bonchev–Trinajstić information content (AvgIpc) is 2.71. The van der Waals surface area contributed by atoms with Gasteiger partial charge in [0.05, 0.1) is 6.10 Å². The van der Waals surface area contributed by atoms with Crippen molar-refractivity contribution in [1.82, 2.24) is 10.2 Å². The molecule has 3 nitrogen and oxygen atoms in total. The van der Waals surface area contributed by atoms with E-state index < -0.39 is 0 Å². The van der Waals surface area contributed by atoms with Gasteiger partial charge < -0.3 is 15.0 Å². The molecule has 2 heterocycles. The minimum Gasteiger partial charge on any atom is -0.377 e.